The third-order valence-electron chi connectivity index (χ3n) is 3.05. The summed E-state index contributed by atoms with van der Waals surface area (Å²) in [6, 6.07) is 9.00. The van der Waals surface area contributed by atoms with Gasteiger partial charge in [0.25, 0.3) is 0 Å². The molecule has 0 bridgehead atoms. The van der Waals surface area contributed by atoms with Gasteiger partial charge >= 0.3 is 0 Å². The molecule has 2 rings (SSSR count). The molecule has 18 heavy (non-hydrogen) atoms. The average Bonchev–Trinajstić information content (AvgIpc) is 2.70. The van der Waals surface area contributed by atoms with Crippen molar-refractivity contribution >= 4 is 12.2 Å². The second-order valence-electron chi connectivity index (χ2n) is 4.89. The van der Waals surface area contributed by atoms with Gasteiger partial charge in [-0.3, -0.25) is 5.10 Å². The van der Waals surface area contributed by atoms with Gasteiger partial charge in [-0.2, -0.15) is 5.10 Å². The van der Waals surface area contributed by atoms with E-state index in [0.29, 0.717) is 10.8 Å². The van der Waals surface area contributed by atoms with E-state index in [2.05, 4.69) is 59.8 Å². The highest BCUT2D eigenvalue weighted by Gasteiger charge is 2.08. The lowest BCUT2D eigenvalue weighted by molar-refractivity contribution is 0.559. The molecule has 0 saturated carbocycles. The second-order valence-corrected chi connectivity index (χ2v) is 5.28. The molecule has 0 aliphatic carbocycles. The summed E-state index contributed by atoms with van der Waals surface area (Å²) in [5.41, 5.74) is 2.63. The average molecular weight is 261 g/mol. The van der Waals surface area contributed by atoms with Crippen molar-refractivity contribution in [2.75, 3.05) is 0 Å². The molecule has 0 aliphatic rings. The highest BCUT2D eigenvalue weighted by Crippen LogP contribution is 2.12. The number of aromatic nitrogens is 3. The highest BCUT2D eigenvalue weighted by atomic mass is 32.1. The second kappa shape index (κ2) is 5.48. The van der Waals surface area contributed by atoms with Gasteiger partial charge in [0.05, 0.1) is 0 Å². The van der Waals surface area contributed by atoms with Crippen LogP contribution < -0.4 is 0 Å². The number of H-pyrrole nitrogens is 1. The van der Waals surface area contributed by atoms with Crippen molar-refractivity contribution in [3.63, 3.8) is 0 Å². The summed E-state index contributed by atoms with van der Waals surface area (Å²) < 4.78 is 2.80. The Morgan fingerprint density at radius 3 is 2.50 bits per heavy atom. The molecule has 0 fully saturated rings. The topological polar surface area (TPSA) is 33.6 Å². The van der Waals surface area contributed by atoms with Gasteiger partial charge < -0.3 is 4.57 Å². The van der Waals surface area contributed by atoms with E-state index < -0.39 is 0 Å². The largest absolute Gasteiger partial charge is 0.302 e. The predicted octanol–water partition coefficient (Wildman–Crippen LogP) is 3.62. The molecule has 2 aromatic rings. The number of hydrogen-bond donors (Lipinski definition) is 1. The minimum absolute atomic E-state index is 0.351. The fraction of sp³-hybridized carbons (Fsp3) is 0.429. The van der Waals surface area contributed by atoms with E-state index in [9.17, 15) is 0 Å². The van der Waals surface area contributed by atoms with E-state index in [-0.39, 0.29) is 0 Å². The molecule has 0 aliphatic heterocycles. The van der Waals surface area contributed by atoms with Crippen molar-refractivity contribution in [2.45, 2.75) is 39.7 Å². The van der Waals surface area contributed by atoms with Crippen LogP contribution in [-0.2, 0) is 12.8 Å². The molecule has 0 amide bonds. The Hall–Kier alpha value is -1.42. The first kappa shape index (κ1) is 13.0. The van der Waals surface area contributed by atoms with Crippen molar-refractivity contribution in [3.05, 3.63) is 46.0 Å². The molecule has 1 aromatic heterocycles. The number of nitrogens with one attached hydrogen (secondary N) is 1. The van der Waals surface area contributed by atoms with Gasteiger partial charge in [0.15, 0.2) is 4.77 Å². The van der Waals surface area contributed by atoms with Gasteiger partial charge in [0.2, 0.25) is 0 Å². The summed E-state index contributed by atoms with van der Waals surface area (Å²) in [5, 5.41) is 7.20. The van der Waals surface area contributed by atoms with Crippen LogP contribution in [0, 0.1) is 11.7 Å². The van der Waals surface area contributed by atoms with Gasteiger partial charge in [0.1, 0.15) is 5.82 Å². The number of hydrogen-bond acceptors (Lipinski definition) is 2. The van der Waals surface area contributed by atoms with E-state index in [1.165, 1.54) is 11.1 Å². The quantitative estimate of drug-likeness (QED) is 0.853. The van der Waals surface area contributed by atoms with Crippen molar-refractivity contribution in [1.82, 2.24) is 14.8 Å². The minimum Gasteiger partial charge on any atom is -0.302 e. The predicted molar refractivity (Wildman–Crippen MR) is 76.4 cm³/mol. The van der Waals surface area contributed by atoms with Crippen LogP contribution in [-0.4, -0.2) is 14.8 Å². The first-order valence-corrected chi connectivity index (χ1v) is 6.70. The van der Waals surface area contributed by atoms with Gasteiger partial charge in [-0.15, -0.1) is 0 Å². The molecule has 0 unspecified atom stereocenters. The lowest BCUT2D eigenvalue weighted by Gasteiger charge is -2.10. The standard InChI is InChI=1S/C14H19N3S/c1-10(2)17-13(15-16-14(17)18)9-8-12-6-4-11(3)5-7-12/h4-7,10H,8-9H2,1-3H3,(H,16,18). The number of aryl methyl sites for hydroxylation is 3. The highest BCUT2D eigenvalue weighted by molar-refractivity contribution is 7.71. The van der Waals surface area contributed by atoms with Crippen molar-refractivity contribution in [2.24, 2.45) is 0 Å². The van der Waals surface area contributed by atoms with Crippen LogP contribution in [0.4, 0.5) is 0 Å². The van der Waals surface area contributed by atoms with Gasteiger partial charge in [0, 0.05) is 12.5 Å². The minimum atomic E-state index is 0.351. The van der Waals surface area contributed by atoms with Crippen LogP contribution in [0.5, 0.6) is 0 Å². The Morgan fingerprint density at radius 1 is 1.22 bits per heavy atom. The molecular weight excluding hydrogens is 242 g/mol. The first-order chi connectivity index (χ1) is 8.58. The molecule has 0 radical (unpaired) electrons. The van der Waals surface area contributed by atoms with E-state index in [1.54, 1.807) is 0 Å². The molecule has 1 heterocycles. The monoisotopic (exact) mass is 261 g/mol. The van der Waals surface area contributed by atoms with Gasteiger partial charge in [-0.25, -0.2) is 0 Å². The Morgan fingerprint density at radius 2 is 1.89 bits per heavy atom. The zero-order chi connectivity index (χ0) is 13.1. The van der Waals surface area contributed by atoms with E-state index >= 15 is 0 Å². The normalized spacial score (nSPS) is 11.1. The lowest BCUT2D eigenvalue weighted by Crippen LogP contribution is -2.07. The van der Waals surface area contributed by atoms with Crippen LogP contribution in [0.2, 0.25) is 0 Å². The first-order valence-electron chi connectivity index (χ1n) is 6.29. The zero-order valence-corrected chi connectivity index (χ0v) is 11.9. The third kappa shape index (κ3) is 2.88. The molecule has 3 nitrogen and oxygen atoms in total. The van der Waals surface area contributed by atoms with Gasteiger partial charge in [-0.1, -0.05) is 29.8 Å². The lowest BCUT2D eigenvalue weighted by atomic mass is 10.1. The summed E-state index contributed by atoms with van der Waals surface area (Å²) in [6.07, 6.45) is 1.90. The Labute approximate surface area is 113 Å². The molecule has 0 atom stereocenters. The maximum absolute atomic E-state index is 5.24. The molecule has 4 heteroatoms. The zero-order valence-electron chi connectivity index (χ0n) is 11.1. The molecular formula is C14H19N3S. The maximum Gasteiger partial charge on any atom is 0.195 e. The Balaban J connectivity index is 2.11. The summed E-state index contributed by atoms with van der Waals surface area (Å²) in [7, 11) is 0. The van der Waals surface area contributed by atoms with Crippen molar-refractivity contribution < 1.29 is 0 Å². The maximum atomic E-state index is 5.24. The number of nitrogens with zero attached hydrogens (tertiary/aromatic N) is 2. The van der Waals surface area contributed by atoms with Crippen molar-refractivity contribution in [1.29, 1.82) is 0 Å². The van der Waals surface area contributed by atoms with Crippen LogP contribution in [0.15, 0.2) is 24.3 Å². The SMILES string of the molecule is Cc1ccc(CCc2n[nH]c(=S)n2C(C)C)cc1. The van der Waals surface area contributed by atoms with E-state index in [0.717, 1.165) is 18.7 Å². The summed E-state index contributed by atoms with van der Waals surface area (Å²) in [4.78, 5) is 0. The molecule has 1 N–H and O–H groups in total. The summed E-state index contributed by atoms with van der Waals surface area (Å²) >= 11 is 5.24. The van der Waals surface area contributed by atoms with Crippen LogP contribution >= 0.6 is 12.2 Å². The fourth-order valence-electron chi connectivity index (χ4n) is 2.06. The van der Waals surface area contributed by atoms with Gasteiger partial charge in [-0.05, 0) is 45.0 Å². The van der Waals surface area contributed by atoms with Crippen molar-refractivity contribution in [3.8, 4) is 0 Å². The number of aromatic amines is 1. The molecule has 0 spiro atoms. The Bertz CT molecular complexity index is 563. The fourth-order valence-corrected chi connectivity index (χ4v) is 2.42. The third-order valence-corrected chi connectivity index (χ3v) is 3.34. The van der Waals surface area contributed by atoms with E-state index in [1.807, 2.05) is 0 Å². The van der Waals surface area contributed by atoms with E-state index in [4.69, 9.17) is 12.2 Å². The smallest absolute Gasteiger partial charge is 0.195 e. The molecule has 0 saturated heterocycles. The Kier molecular flexibility index (Phi) is 3.97. The van der Waals surface area contributed by atoms with Crippen LogP contribution in [0.25, 0.3) is 0 Å². The van der Waals surface area contributed by atoms with Crippen LogP contribution in [0.3, 0.4) is 0 Å². The summed E-state index contributed by atoms with van der Waals surface area (Å²) in [6.45, 7) is 6.36. The molecule has 1 aromatic carbocycles. The number of rotatable bonds is 4. The summed E-state index contributed by atoms with van der Waals surface area (Å²) in [5.74, 6) is 1.04. The molecule has 96 valence electrons. The number of benzene rings is 1. The van der Waals surface area contributed by atoms with Crippen LogP contribution in [0.1, 0.15) is 36.8 Å².